The van der Waals surface area contributed by atoms with Gasteiger partial charge in [0.05, 0.1) is 0 Å². The van der Waals surface area contributed by atoms with Gasteiger partial charge in [-0.25, -0.2) is 0 Å². The summed E-state index contributed by atoms with van der Waals surface area (Å²) in [4.78, 5) is 0. The van der Waals surface area contributed by atoms with Gasteiger partial charge < -0.3 is 9.50 Å². The molecule has 5 nitrogen and oxygen atoms in total. The number of hydrogen-bond acceptors (Lipinski definition) is 4. The lowest BCUT2D eigenvalue weighted by atomic mass is 9.98. The van der Waals surface area contributed by atoms with Gasteiger partial charge in [-0.05, 0) is 41.3 Å². The first-order chi connectivity index (χ1) is 13.0. The van der Waals surface area contributed by atoms with Crippen molar-refractivity contribution >= 4 is 21.1 Å². The van der Waals surface area contributed by atoms with Gasteiger partial charge >= 0.3 is 10.3 Å². The van der Waals surface area contributed by atoms with Gasteiger partial charge in [0.2, 0.25) is 0 Å². The number of benzene rings is 3. The molecule has 0 radical (unpaired) electrons. The topological polar surface area (TPSA) is 67.4 Å². The largest absolute Gasteiger partial charge is 0.382 e. The number of hydrogen-bond donors (Lipinski definition) is 2. The Morgan fingerprint density at radius 3 is 2.67 bits per heavy atom. The zero-order chi connectivity index (χ0) is 18.9. The molecule has 0 bridgehead atoms. The van der Waals surface area contributed by atoms with E-state index in [9.17, 15) is 8.42 Å². The Kier molecular flexibility index (Phi) is 4.86. The molecule has 1 heterocycles. The van der Waals surface area contributed by atoms with E-state index in [2.05, 4.69) is 47.3 Å². The fourth-order valence-corrected chi connectivity index (χ4v) is 4.49. The van der Waals surface area contributed by atoms with Crippen molar-refractivity contribution in [3.63, 3.8) is 0 Å². The Labute approximate surface area is 159 Å². The molecule has 1 aliphatic rings. The Morgan fingerprint density at radius 2 is 1.78 bits per heavy atom. The highest BCUT2D eigenvalue weighted by Gasteiger charge is 2.24. The maximum Gasteiger partial charge on any atom is 0.382 e. The summed E-state index contributed by atoms with van der Waals surface area (Å²) in [7, 11) is -3.81. The van der Waals surface area contributed by atoms with Crippen LogP contribution >= 0.6 is 0 Å². The highest BCUT2D eigenvalue weighted by molar-refractivity contribution is 7.85. The van der Waals surface area contributed by atoms with Gasteiger partial charge in [0.25, 0.3) is 0 Å². The second-order valence-corrected chi connectivity index (χ2v) is 8.22. The Bertz CT molecular complexity index is 1060. The summed E-state index contributed by atoms with van der Waals surface area (Å²) in [5, 5.41) is 5.99. The molecule has 0 saturated carbocycles. The van der Waals surface area contributed by atoms with Crippen molar-refractivity contribution in [2.24, 2.45) is 0 Å². The average Bonchev–Trinajstić information content (AvgIpc) is 2.66. The van der Waals surface area contributed by atoms with Crippen LogP contribution in [0.3, 0.4) is 0 Å². The van der Waals surface area contributed by atoms with Gasteiger partial charge in [0.1, 0.15) is 5.75 Å². The molecule has 3 aromatic carbocycles. The molecule has 27 heavy (non-hydrogen) atoms. The molecule has 1 unspecified atom stereocenters. The van der Waals surface area contributed by atoms with E-state index < -0.39 is 10.3 Å². The van der Waals surface area contributed by atoms with Crippen molar-refractivity contribution < 1.29 is 12.6 Å². The molecular weight excluding hydrogens is 360 g/mol. The fourth-order valence-electron chi connectivity index (χ4n) is 3.63. The molecule has 4 rings (SSSR count). The van der Waals surface area contributed by atoms with Crippen LogP contribution in [-0.4, -0.2) is 21.0 Å². The molecule has 0 amide bonds. The standard InChI is InChI=1S/C21H22N2O3S/c1-15(19-11-6-9-16-7-2-4-10-20(16)19)23-18-13-17-8-3-5-12-21(17)26-27(24,25)22-14-18/h2-12,15,18,22-23H,13-14H2,1H3/t15-,18?/m1/s1. The lowest BCUT2D eigenvalue weighted by Gasteiger charge is -2.27. The Hall–Kier alpha value is -2.41. The van der Waals surface area contributed by atoms with Gasteiger partial charge in [-0.1, -0.05) is 60.7 Å². The quantitative estimate of drug-likeness (QED) is 0.729. The van der Waals surface area contributed by atoms with E-state index in [1.807, 2.05) is 24.3 Å². The highest BCUT2D eigenvalue weighted by atomic mass is 32.2. The maximum absolute atomic E-state index is 12.1. The molecule has 0 spiro atoms. The summed E-state index contributed by atoms with van der Waals surface area (Å²) in [5.41, 5.74) is 2.08. The molecule has 1 aliphatic heterocycles. The Balaban J connectivity index is 1.62. The molecule has 3 aromatic rings. The summed E-state index contributed by atoms with van der Waals surface area (Å²) < 4.78 is 31.9. The molecule has 140 valence electrons. The van der Waals surface area contributed by atoms with Crippen LogP contribution in [0.5, 0.6) is 5.75 Å². The molecule has 0 saturated heterocycles. The van der Waals surface area contributed by atoms with Crippen LogP contribution in [0.2, 0.25) is 0 Å². The van der Waals surface area contributed by atoms with Crippen LogP contribution in [0.1, 0.15) is 24.1 Å². The van der Waals surface area contributed by atoms with Crippen LogP contribution in [0.15, 0.2) is 66.7 Å². The monoisotopic (exact) mass is 382 g/mol. The van der Waals surface area contributed by atoms with Gasteiger partial charge in [-0.2, -0.15) is 13.1 Å². The third-order valence-corrected chi connectivity index (χ3v) is 5.84. The van der Waals surface area contributed by atoms with Crippen LogP contribution in [-0.2, 0) is 16.7 Å². The third kappa shape index (κ3) is 3.98. The second kappa shape index (κ2) is 7.31. The van der Waals surface area contributed by atoms with Crippen molar-refractivity contribution in [2.45, 2.75) is 25.4 Å². The van der Waals surface area contributed by atoms with Crippen LogP contribution < -0.4 is 14.2 Å². The van der Waals surface area contributed by atoms with Gasteiger partial charge in [-0.15, -0.1) is 0 Å². The summed E-state index contributed by atoms with van der Waals surface area (Å²) in [6, 6.07) is 21.8. The molecule has 0 aliphatic carbocycles. The van der Waals surface area contributed by atoms with E-state index in [0.717, 1.165) is 5.56 Å². The van der Waals surface area contributed by atoms with Crippen molar-refractivity contribution in [3.05, 3.63) is 77.9 Å². The molecule has 2 atom stereocenters. The van der Waals surface area contributed by atoms with Crippen molar-refractivity contribution in [1.82, 2.24) is 10.0 Å². The van der Waals surface area contributed by atoms with Gasteiger partial charge in [0.15, 0.2) is 0 Å². The SMILES string of the molecule is C[C@@H](NC1CNS(=O)(=O)Oc2ccccc2C1)c1cccc2ccccc12. The van der Waals surface area contributed by atoms with Gasteiger partial charge in [-0.3, -0.25) is 0 Å². The zero-order valence-electron chi connectivity index (χ0n) is 15.1. The predicted octanol–water partition coefficient (Wildman–Crippen LogP) is 3.33. The molecule has 6 heteroatoms. The minimum atomic E-state index is -3.81. The normalized spacial score (nSPS) is 20.1. The summed E-state index contributed by atoms with van der Waals surface area (Å²) in [6.07, 6.45) is 0.674. The summed E-state index contributed by atoms with van der Waals surface area (Å²) >= 11 is 0. The van der Waals surface area contributed by atoms with Crippen LogP contribution in [0.4, 0.5) is 0 Å². The lowest BCUT2D eigenvalue weighted by Crippen LogP contribution is -2.45. The summed E-state index contributed by atoms with van der Waals surface area (Å²) in [5.74, 6) is 0.384. The van der Waals surface area contributed by atoms with E-state index in [4.69, 9.17) is 4.18 Å². The smallest absolute Gasteiger partial charge is 0.371 e. The van der Waals surface area contributed by atoms with E-state index in [1.54, 1.807) is 12.1 Å². The van der Waals surface area contributed by atoms with Crippen LogP contribution in [0.25, 0.3) is 10.8 Å². The first kappa shape index (κ1) is 18.0. The van der Waals surface area contributed by atoms with Crippen molar-refractivity contribution in [3.8, 4) is 5.75 Å². The predicted molar refractivity (Wildman–Crippen MR) is 107 cm³/mol. The average molecular weight is 382 g/mol. The number of para-hydroxylation sites is 1. The number of nitrogens with one attached hydrogen (secondary N) is 2. The molecule has 0 aromatic heterocycles. The minimum Gasteiger partial charge on any atom is -0.371 e. The molecule has 0 fully saturated rings. The van der Waals surface area contributed by atoms with E-state index in [1.165, 1.54) is 16.3 Å². The highest BCUT2D eigenvalue weighted by Crippen LogP contribution is 2.26. The zero-order valence-corrected chi connectivity index (χ0v) is 15.9. The fraction of sp³-hybridized carbons (Fsp3) is 0.238. The lowest BCUT2D eigenvalue weighted by molar-refractivity contribution is 0.409. The van der Waals surface area contributed by atoms with Crippen molar-refractivity contribution in [1.29, 1.82) is 0 Å². The number of rotatable bonds is 3. The Morgan fingerprint density at radius 1 is 1.04 bits per heavy atom. The number of fused-ring (bicyclic) bond motifs is 2. The van der Waals surface area contributed by atoms with E-state index in [-0.39, 0.29) is 18.6 Å². The van der Waals surface area contributed by atoms with E-state index >= 15 is 0 Å². The second-order valence-electron chi connectivity index (χ2n) is 6.85. The van der Waals surface area contributed by atoms with E-state index in [0.29, 0.717) is 12.2 Å². The summed E-state index contributed by atoms with van der Waals surface area (Å²) in [6.45, 7) is 2.38. The molecule has 2 N–H and O–H groups in total. The van der Waals surface area contributed by atoms with Gasteiger partial charge in [0, 0.05) is 18.6 Å². The maximum atomic E-state index is 12.1. The first-order valence-electron chi connectivity index (χ1n) is 9.02. The van der Waals surface area contributed by atoms with Crippen LogP contribution in [0, 0.1) is 0 Å². The molecular formula is C21H22N2O3S. The third-order valence-electron chi connectivity index (χ3n) is 4.92. The first-order valence-corrected chi connectivity index (χ1v) is 10.4. The minimum absolute atomic E-state index is 0.0567. The van der Waals surface area contributed by atoms with Crippen molar-refractivity contribution in [2.75, 3.05) is 6.54 Å².